The molecule has 0 aliphatic rings. The molecule has 69 heavy (non-hydrogen) atoms. The average molecular weight is 1160 g/mol. The second-order valence-corrected chi connectivity index (χ2v) is 32.0. The van der Waals surface area contributed by atoms with Gasteiger partial charge in [0.25, 0.3) is 0 Å². The summed E-state index contributed by atoms with van der Waals surface area (Å²) in [6, 6.07) is 58.2. The Hall–Kier alpha value is -5.43. The zero-order valence-electron chi connectivity index (χ0n) is 46.2. The molecule has 0 spiro atoms. The molecule has 6 heteroatoms. The Kier molecular flexibility index (Phi) is 12.9. The molecule has 351 valence electrons. The fraction of sp³-hybridized carbons (Fsp3) is 0.238. The van der Waals surface area contributed by atoms with Crippen LogP contribution >= 0.6 is 11.3 Å². The van der Waals surface area contributed by atoms with Crippen molar-refractivity contribution in [1.82, 2.24) is 14.5 Å². The first-order chi connectivity index (χ1) is 34.5. The summed E-state index contributed by atoms with van der Waals surface area (Å²) in [5.74, 6) is 8.14. The number of aromatic nitrogens is 3. The summed E-state index contributed by atoms with van der Waals surface area (Å²) in [7, 11) is 0. The van der Waals surface area contributed by atoms with E-state index in [1.807, 2.05) is 87.6 Å². The van der Waals surface area contributed by atoms with E-state index in [1.54, 1.807) is 17.4 Å². The van der Waals surface area contributed by atoms with E-state index in [2.05, 4.69) is 147 Å². The van der Waals surface area contributed by atoms with Gasteiger partial charge in [-0.2, -0.15) is 11.3 Å². The van der Waals surface area contributed by atoms with Crippen molar-refractivity contribution in [1.29, 1.82) is 0 Å². The van der Waals surface area contributed by atoms with Crippen molar-refractivity contribution < 1.29 is 27.0 Å². The monoisotopic (exact) mass is 1170 g/mol. The van der Waals surface area contributed by atoms with Crippen LogP contribution in [-0.4, -0.2) is 27.8 Å². The molecule has 0 unspecified atom stereocenters. The molecule has 0 bridgehead atoms. The van der Waals surface area contributed by atoms with Crippen LogP contribution in [0.15, 0.2) is 158 Å². The minimum atomic E-state index is -2.32. The minimum Gasteiger partial charge on any atom is 0 e. The molecule has 0 amide bonds. The molecule has 1 radical (unpaired) electrons. The third kappa shape index (κ3) is 10.5. The molecule has 0 saturated heterocycles. The van der Waals surface area contributed by atoms with E-state index in [-0.39, 0.29) is 31.9 Å². The molecule has 3 aromatic heterocycles. The largest absolute Gasteiger partial charge is 0 e. The van der Waals surface area contributed by atoms with Gasteiger partial charge in [0, 0.05) is 34.6 Å². The maximum atomic E-state index is 8.93. The van der Waals surface area contributed by atoms with E-state index < -0.39 is 31.9 Å². The van der Waals surface area contributed by atoms with Crippen LogP contribution in [0, 0.1) is 24.4 Å². The SMILES string of the molecule is [2H]C([2H])([2H])c1c[c-]c(-c2nc3ccccc3n2-c2c(C(C)C)cc(-c3ccccc3)cc2C(C)C)c2sc3ccccc3c12.[2H]C([2H])(c1cc(-c2[c-]ccc(-c3ccccc3)c2)nc[c]1[Ge]([CH3])([CH3])[CH3])C(C)(C)C.[Ir]. The second-order valence-electron chi connectivity index (χ2n) is 20.4. The zero-order chi connectivity index (χ0) is 52.2. The number of thiophene rings is 1. The Bertz CT molecular complexity index is 3590. The van der Waals surface area contributed by atoms with Crippen molar-refractivity contribution in [3.05, 3.63) is 192 Å². The van der Waals surface area contributed by atoms with Gasteiger partial charge in [0.2, 0.25) is 0 Å². The van der Waals surface area contributed by atoms with Gasteiger partial charge in [0.15, 0.2) is 0 Å². The molecular weight excluding hydrogens is 1100 g/mol. The Balaban J connectivity index is 0.000000212. The molecule has 0 fully saturated rings. The van der Waals surface area contributed by atoms with Crippen LogP contribution in [0.4, 0.5) is 0 Å². The Labute approximate surface area is 437 Å². The van der Waals surface area contributed by atoms with E-state index in [0.717, 1.165) is 80.6 Å². The number of para-hydroxylation sites is 2. The van der Waals surface area contributed by atoms with Crippen LogP contribution in [0.2, 0.25) is 17.3 Å². The Morgan fingerprint density at radius 3 is 1.99 bits per heavy atom. The van der Waals surface area contributed by atoms with E-state index >= 15 is 0 Å². The van der Waals surface area contributed by atoms with Gasteiger partial charge in [0.05, 0.1) is 16.9 Å². The van der Waals surface area contributed by atoms with Crippen molar-refractivity contribution in [2.24, 2.45) is 5.41 Å². The fourth-order valence-electron chi connectivity index (χ4n) is 9.11. The maximum Gasteiger partial charge on any atom is 0 e. The predicted molar refractivity (Wildman–Crippen MR) is 297 cm³/mol. The van der Waals surface area contributed by atoms with Crippen molar-refractivity contribution >= 4 is 60.2 Å². The number of pyridine rings is 1. The normalized spacial score (nSPS) is 13.4. The van der Waals surface area contributed by atoms with Gasteiger partial charge < -0.3 is 4.57 Å². The third-order valence-corrected chi connectivity index (χ3v) is 17.8. The number of nitrogens with zero attached hydrogens (tertiary/aromatic N) is 3. The first-order valence-corrected chi connectivity index (χ1v) is 31.9. The summed E-state index contributed by atoms with van der Waals surface area (Å²) in [6.45, 7) is 12.6. The third-order valence-electron chi connectivity index (χ3n) is 12.4. The Morgan fingerprint density at radius 2 is 1.35 bits per heavy atom. The quantitative estimate of drug-likeness (QED) is 0.107. The molecule has 10 rings (SSSR count). The zero-order valence-corrected chi connectivity index (χ0v) is 46.6. The van der Waals surface area contributed by atoms with E-state index in [4.69, 9.17) is 16.8 Å². The molecule has 0 saturated carbocycles. The molecular formula is C63H63GeIrN3S-2. The molecule has 0 aliphatic heterocycles. The van der Waals surface area contributed by atoms with Crippen LogP contribution in [0.3, 0.4) is 0 Å². The first-order valence-electron chi connectivity index (χ1n) is 26.2. The van der Waals surface area contributed by atoms with Crippen LogP contribution in [0.5, 0.6) is 0 Å². The fourth-order valence-corrected chi connectivity index (χ4v) is 13.3. The number of hydrogen-bond donors (Lipinski definition) is 0. The second kappa shape index (κ2) is 20.5. The van der Waals surface area contributed by atoms with Crippen LogP contribution in [0.25, 0.3) is 81.8 Å². The Morgan fingerprint density at radius 1 is 0.725 bits per heavy atom. The summed E-state index contributed by atoms with van der Waals surface area (Å²) in [5, 5.41) is 1.72. The van der Waals surface area contributed by atoms with Gasteiger partial charge in [-0.15, -0.1) is 17.7 Å². The summed E-state index contributed by atoms with van der Waals surface area (Å²) in [4.78, 5) is 10.0. The molecule has 10 aromatic rings. The number of imidazole rings is 1. The molecule has 0 atom stereocenters. The van der Waals surface area contributed by atoms with E-state index in [9.17, 15) is 0 Å². The molecule has 3 heterocycles. The molecule has 0 aliphatic carbocycles. The number of benzene rings is 7. The maximum absolute atomic E-state index is 8.93. The minimum absolute atomic E-state index is 0. The van der Waals surface area contributed by atoms with Gasteiger partial charge >= 0.3 is 170 Å². The van der Waals surface area contributed by atoms with Crippen LogP contribution < -0.4 is 4.40 Å². The number of rotatable bonds is 9. The summed E-state index contributed by atoms with van der Waals surface area (Å²) < 4.78 is 48.3. The topological polar surface area (TPSA) is 30.7 Å². The summed E-state index contributed by atoms with van der Waals surface area (Å²) in [6.07, 6.45) is 0.479. The van der Waals surface area contributed by atoms with E-state index in [0.29, 0.717) is 5.56 Å². The molecule has 3 nitrogen and oxygen atoms in total. The average Bonchev–Trinajstić information content (AvgIpc) is 3.94. The smallest absolute Gasteiger partial charge is 0 e. The van der Waals surface area contributed by atoms with E-state index in [1.165, 1.54) is 22.3 Å². The summed E-state index contributed by atoms with van der Waals surface area (Å²) in [5.41, 5.74) is 13.3. The van der Waals surface area contributed by atoms with Crippen molar-refractivity contribution in [3.63, 3.8) is 0 Å². The predicted octanol–water partition coefficient (Wildman–Crippen LogP) is 17.4. The first kappa shape index (κ1) is 43.6. The van der Waals surface area contributed by atoms with Crippen LogP contribution in [-0.2, 0) is 26.5 Å². The molecule has 7 aromatic carbocycles. The molecule has 0 N–H and O–H groups in total. The van der Waals surface area contributed by atoms with Gasteiger partial charge in [0.1, 0.15) is 0 Å². The van der Waals surface area contributed by atoms with Gasteiger partial charge in [-0.3, -0.25) is 4.98 Å². The number of aryl methyl sites for hydroxylation is 1. The van der Waals surface area contributed by atoms with Crippen molar-refractivity contribution in [3.8, 4) is 50.6 Å². The van der Waals surface area contributed by atoms with Gasteiger partial charge in [-0.25, -0.2) is 0 Å². The van der Waals surface area contributed by atoms with Crippen LogP contribution in [0.1, 0.15) is 89.4 Å². The standard InChI is InChI=1S/C38H33N2S.C25H30GeN.Ir/c1-23(2)30-21-27(26-13-7-6-8-14-26)22-31(24(3)4)36(30)40-33-17-11-10-16-32(33)39-38(40)29-20-19-25(5)35-28-15-9-12-18-34(28)41-37(29)35;1-25(2,3)17-22-16-24(27-18-23(22)26(4,5)6)21-14-10-13-20(15-21)19-11-8-7-9-12-19;/h6-19,21-24H,1-5H3;7-13,15-16,18H,17H2,1-6H3;/q2*-1;/i5D3;17D2;. The van der Waals surface area contributed by atoms with Gasteiger partial charge in [-0.05, 0) is 74.5 Å². The number of fused-ring (bicyclic) bond motifs is 4. The van der Waals surface area contributed by atoms with Gasteiger partial charge in [-0.1, -0.05) is 106 Å². The van der Waals surface area contributed by atoms with Crippen molar-refractivity contribution in [2.45, 2.75) is 90.8 Å². The van der Waals surface area contributed by atoms with Crippen molar-refractivity contribution in [2.75, 3.05) is 0 Å². The summed E-state index contributed by atoms with van der Waals surface area (Å²) >= 11 is -0.702. The number of hydrogen-bond acceptors (Lipinski definition) is 3.